The van der Waals surface area contributed by atoms with Gasteiger partial charge >= 0.3 is 0 Å². The molecule has 2 amide bonds. The molecule has 158 valence electrons. The van der Waals surface area contributed by atoms with Crippen molar-refractivity contribution in [2.45, 2.75) is 25.4 Å². The minimum atomic E-state index is -1.15. The number of hydrogen-bond donors (Lipinski definition) is 2. The van der Waals surface area contributed by atoms with E-state index in [1.807, 2.05) is 0 Å². The lowest BCUT2D eigenvalue weighted by Gasteiger charge is -2.42. The molecule has 0 saturated carbocycles. The third-order valence-corrected chi connectivity index (χ3v) is 5.28. The summed E-state index contributed by atoms with van der Waals surface area (Å²) in [5.41, 5.74) is -0.635. The van der Waals surface area contributed by atoms with Crippen LogP contribution in [-0.4, -0.2) is 45.9 Å². The Kier molecular flexibility index (Phi) is 5.00. The fourth-order valence-electron chi connectivity index (χ4n) is 3.77. The van der Waals surface area contributed by atoms with Crippen molar-refractivity contribution in [3.05, 3.63) is 70.3 Å². The van der Waals surface area contributed by atoms with Crippen LogP contribution in [0.15, 0.2) is 47.3 Å². The van der Waals surface area contributed by atoms with Crippen LogP contribution in [0.1, 0.15) is 18.4 Å². The highest BCUT2D eigenvalue weighted by molar-refractivity contribution is 5.98. The Hall–Kier alpha value is -3.30. The van der Waals surface area contributed by atoms with E-state index in [9.17, 15) is 32.3 Å². The number of fused-ring (bicyclic) bond motifs is 4. The second kappa shape index (κ2) is 7.51. The van der Waals surface area contributed by atoms with Crippen LogP contribution in [0.5, 0.6) is 0 Å². The third-order valence-electron chi connectivity index (χ3n) is 5.28. The predicted molar refractivity (Wildman–Crippen MR) is 96.5 cm³/mol. The van der Waals surface area contributed by atoms with E-state index >= 15 is 0 Å². The van der Waals surface area contributed by atoms with Crippen LogP contribution in [0, 0.1) is 17.5 Å². The minimum absolute atomic E-state index is 0.0162. The average molecular weight is 423 g/mol. The molecule has 3 heterocycles. The largest absolute Gasteiger partial charge is 0.510 e. The number of allylic oxidation sites excluding steroid dienone is 1. The lowest BCUT2D eigenvalue weighted by Crippen LogP contribution is -2.54. The minimum Gasteiger partial charge on any atom is -0.510 e. The normalized spacial score (nSPS) is 21.1. The topological polar surface area (TPSA) is 72.9 Å². The van der Waals surface area contributed by atoms with E-state index in [-0.39, 0.29) is 24.2 Å². The first-order chi connectivity index (χ1) is 14.3. The number of hydrogen-bond acceptors (Lipinski definition) is 4. The first-order valence-electron chi connectivity index (χ1n) is 9.24. The van der Waals surface area contributed by atoms with Crippen molar-refractivity contribution in [3.8, 4) is 0 Å². The Bertz CT molecular complexity index is 1010. The van der Waals surface area contributed by atoms with Gasteiger partial charge in [-0.05, 0) is 12.5 Å². The number of carbonyl (C=O) groups is 2. The van der Waals surface area contributed by atoms with Gasteiger partial charge in [-0.1, -0.05) is 0 Å². The molecule has 30 heavy (non-hydrogen) atoms. The van der Waals surface area contributed by atoms with Crippen molar-refractivity contribution in [1.82, 2.24) is 15.1 Å². The van der Waals surface area contributed by atoms with Crippen molar-refractivity contribution < 1.29 is 32.3 Å². The van der Waals surface area contributed by atoms with E-state index in [4.69, 9.17) is 0 Å². The molecule has 0 spiro atoms. The Morgan fingerprint density at radius 2 is 1.90 bits per heavy atom. The number of rotatable bonds is 3. The van der Waals surface area contributed by atoms with Gasteiger partial charge in [0.05, 0.1) is 0 Å². The summed E-state index contributed by atoms with van der Waals surface area (Å²) in [6.45, 7) is -0.176. The van der Waals surface area contributed by atoms with Gasteiger partial charge in [-0.2, -0.15) is 0 Å². The highest BCUT2D eigenvalue weighted by Gasteiger charge is 2.42. The van der Waals surface area contributed by atoms with E-state index in [0.717, 1.165) is 0 Å². The monoisotopic (exact) mass is 423 g/mol. The fourth-order valence-corrected chi connectivity index (χ4v) is 3.77. The van der Waals surface area contributed by atoms with Gasteiger partial charge in [0.2, 0.25) is 5.91 Å². The molecule has 0 unspecified atom stereocenters. The van der Waals surface area contributed by atoms with Crippen molar-refractivity contribution in [2.75, 3.05) is 13.1 Å². The van der Waals surface area contributed by atoms with E-state index < -0.39 is 59.0 Å². The average Bonchev–Trinajstić information content (AvgIpc) is 2.84. The van der Waals surface area contributed by atoms with Crippen molar-refractivity contribution >= 4 is 11.8 Å². The number of nitrogens with one attached hydrogen (secondary N) is 1. The summed E-state index contributed by atoms with van der Waals surface area (Å²) in [5.74, 6) is -5.49. The van der Waals surface area contributed by atoms with Gasteiger partial charge in [0.1, 0.15) is 40.8 Å². The van der Waals surface area contributed by atoms with Crippen LogP contribution in [-0.2, 0) is 16.1 Å². The Balaban J connectivity index is 1.57. The Morgan fingerprint density at radius 1 is 1.20 bits per heavy atom. The van der Waals surface area contributed by atoms with Crippen LogP contribution in [0.2, 0.25) is 0 Å². The molecule has 1 atom stereocenters. The Morgan fingerprint density at radius 3 is 2.60 bits per heavy atom. The lowest BCUT2D eigenvalue weighted by molar-refractivity contribution is -0.132. The molecule has 6 nitrogen and oxygen atoms in total. The maximum atomic E-state index is 14.5. The van der Waals surface area contributed by atoms with E-state index in [2.05, 4.69) is 5.32 Å². The van der Waals surface area contributed by atoms with Gasteiger partial charge < -0.3 is 20.2 Å². The van der Waals surface area contributed by atoms with Crippen molar-refractivity contribution in [2.24, 2.45) is 0 Å². The molecule has 2 bridgehead atoms. The third kappa shape index (κ3) is 3.42. The van der Waals surface area contributed by atoms with Crippen LogP contribution in [0.25, 0.3) is 0 Å². The molecule has 4 rings (SSSR count). The zero-order valence-electron chi connectivity index (χ0n) is 15.6. The van der Waals surface area contributed by atoms with Crippen molar-refractivity contribution in [1.29, 1.82) is 0 Å². The highest BCUT2D eigenvalue weighted by atomic mass is 19.1. The quantitative estimate of drug-likeness (QED) is 0.733. The molecular formula is C20H17F4N3O3. The maximum absolute atomic E-state index is 14.5. The second-order valence-electron chi connectivity index (χ2n) is 7.21. The molecule has 2 N–H and O–H groups in total. The van der Waals surface area contributed by atoms with E-state index in [1.54, 1.807) is 0 Å². The van der Waals surface area contributed by atoms with Crippen LogP contribution < -0.4 is 5.32 Å². The molecule has 3 aliphatic heterocycles. The summed E-state index contributed by atoms with van der Waals surface area (Å²) < 4.78 is 55.0. The summed E-state index contributed by atoms with van der Waals surface area (Å²) >= 11 is 0. The number of piperazine rings is 1. The zero-order chi connectivity index (χ0) is 21.6. The molecule has 1 fully saturated rings. The number of benzene rings is 1. The van der Waals surface area contributed by atoms with Gasteiger partial charge in [-0.25, -0.2) is 17.6 Å². The van der Waals surface area contributed by atoms with E-state index in [1.165, 1.54) is 22.1 Å². The molecule has 1 saturated heterocycles. The van der Waals surface area contributed by atoms with Gasteiger partial charge in [0.25, 0.3) is 5.91 Å². The number of halogens is 4. The van der Waals surface area contributed by atoms with Gasteiger partial charge in [0.15, 0.2) is 0 Å². The van der Waals surface area contributed by atoms with E-state index in [0.29, 0.717) is 25.1 Å². The number of aliphatic hydroxyl groups is 1. The molecule has 10 heteroatoms. The number of carbonyl (C=O) groups excluding carboxylic acids is 2. The molecule has 1 aromatic rings. The number of amides is 2. The standard InChI is InChI=1S/C20H17F4N3O3/c21-11-5-14(23)12(15(24)6-11)7-25-19(29)10-4-17(28)18-20(30)26-3-1-2-13(22)16(9-26)27(18)8-10/h2,5-6,8,16,28H,1,3-4,7,9H2,(H,25,29)/t16-/m0/s1. The summed E-state index contributed by atoms with van der Waals surface area (Å²) in [6, 6.07) is 0.118. The maximum Gasteiger partial charge on any atom is 0.274 e. The summed E-state index contributed by atoms with van der Waals surface area (Å²) in [4.78, 5) is 27.8. The fraction of sp³-hybridized carbons (Fsp3) is 0.300. The van der Waals surface area contributed by atoms with Crippen LogP contribution in [0.3, 0.4) is 0 Å². The second-order valence-corrected chi connectivity index (χ2v) is 7.21. The molecule has 1 aromatic carbocycles. The highest BCUT2D eigenvalue weighted by Crippen LogP contribution is 2.35. The van der Waals surface area contributed by atoms with Gasteiger partial charge in [0, 0.05) is 55.5 Å². The molecule has 3 aliphatic rings. The number of nitrogens with zero attached hydrogens (tertiary/aromatic N) is 2. The molecule has 0 aromatic heterocycles. The van der Waals surface area contributed by atoms with Crippen molar-refractivity contribution in [3.63, 3.8) is 0 Å². The van der Waals surface area contributed by atoms with Crippen LogP contribution >= 0.6 is 0 Å². The SMILES string of the molecule is O=C(NCc1c(F)cc(F)cc1F)C1=CN2C(=C(O)C1)C(=O)N1CCC=C(F)[C@@H]2C1. The van der Waals surface area contributed by atoms with Gasteiger partial charge in [-0.15, -0.1) is 0 Å². The van der Waals surface area contributed by atoms with Gasteiger partial charge in [-0.3, -0.25) is 9.59 Å². The smallest absolute Gasteiger partial charge is 0.274 e. The Labute approximate surface area is 168 Å². The first-order valence-corrected chi connectivity index (χ1v) is 9.24. The predicted octanol–water partition coefficient (Wildman–Crippen LogP) is 2.55. The number of aliphatic hydroxyl groups excluding tert-OH is 1. The summed E-state index contributed by atoms with van der Waals surface area (Å²) in [6.07, 6.45) is 2.66. The molecule has 0 aliphatic carbocycles. The summed E-state index contributed by atoms with van der Waals surface area (Å²) in [7, 11) is 0. The lowest BCUT2D eigenvalue weighted by atomic mass is 10.00. The first kappa shape index (κ1) is 20.0. The summed E-state index contributed by atoms with van der Waals surface area (Å²) in [5, 5.41) is 12.7. The molecule has 0 radical (unpaired) electrons. The zero-order valence-corrected chi connectivity index (χ0v) is 15.6. The molecular weight excluding hydrogens is 406 g/mol. The van der Waals surface area contributed by atoms with Crippen LogP contribution in [0.4, 0.5) is 17.6 Å².